The Morgan fingerprint density at radius 2 is 1.94 bits per heavy atom. The molecule has 0 bridgehead atoms. The maximum absolute atomic E-state index is 12.0. The quantitative estimate of drug-likeness (QED) is 0.674. The van der Waals surface area contributed by atoms with E-state index in [4.69, 9.17) is 5.11 Å². The van der Waals surface area contributed by atoms with E-state index in [1.54, 1.807) is 17.1 Å². The van der Waals surface area contributed by atoms with Gasteiger partial charge < -0.3 is 10.0 Å². The summed E-state index contributed by atoms with van der Waals surface area (Å²) >= 11 is 0. The SMILES string of the molecule is C=CCN(CC=C)C(=O)CN1CCC(C(=O)O)C1. The number of carbonyl (C=O) groups is 2. The molecule has 0 aromatic carbocycles. The van der Waals surface area contributed by atoms with Crippen molar-refractivity contribution in [2.75, 3.05) is 32.7 Å². The van der Waals surface area contributed by atoms with Gasteiger partial charge in [0.1, 0.15) is 0 Å². The summed E-state index contributed by atoms with van der Waals surface area (Å²) in [5, 5.41) is 8.89. The first-order valence-corrected chi connectivity index (χ1v) is 6.03. The largest absolute Gasteiger partial charge is 0.481 e. The van der Waals surface area contributed by atoms with Gasteiger partial charge in [-0.3, -0.25) is 14.5 Å². The highest BCUT2D eigenvalue weighted by atomic mass is 16.4. The molecule has 0 aliphatic carbocycles. The number of carboxylic acids is 1. The Labute approximate surface area is 107 Å². The third-order valence-corrected chi connectivity index (χ3v) is 3.03. The van der Waals surface area contributed by atoms with E-state index in [1.807, 2.05) is 4.90 Å². The standard InChI is InChI=1S/C13H20N2O3/c1-3-6-15(7-4-2)12(16)10-14-8-5-11(9-14)13(17)18/h3-4,11H,1-2,5-10H2,(H,17,18). The van der Waals surface area contributed by atoms with Crippen LogP contribution in [0.1, 0.15) is 6.42 Å². The van der Waals surface area contributed by atoms with Gasteiger partial charge in [-0.25, -0.2) is 0 Å². The Bertz CT molecular complexity index is 331. The number of carbonyl (C=O) groups excluding carboxylic acids is 1. The van der Waals surface area contributed by atoms with Crippen LogP contribution in [0.15, 0.2) is 25.3 Å². The highest BCUT2D eigenvalue weighted by molar-refractivity contribution is 5.79. The summed E-state index contributed by atoms with van der Waals surface area (Å²) in [6.07, 6.45) is 3.96. The molecule has 0 aromatic heterocycles. The maximum atomic E-state index is 12.0. The minimum absolute atomic E-state index is 0.0131. The molecule has 5 nitrogen and oxygen atoms in total. The highest BCUT2D eigenvalue weighted by Gasteiger charge is 2.29. The van der Waals surface area contributed by atoms with Gasteiger partial charge in [0.05, 0.1) is 12.5 Å². The summed E-state index contributed by atoms with van der Waals surface area (Å²) in [4.78, 5) is 26.4. The summed E-state index contributed by atoms with van der Waals surface area (Å²) in [5.41, 5.74) is 0. The third-order valence-electron chi connectivity index (χ3n) is 3.03. The lowest BCUT2D eigenvalue weighted by Crippen LogP contribution is -2.40. The molecule has 1 amide bonds. The van der Waals surface area contributed by atoms with Crippen molar-refractivity contribution in [2.24, 2.45) is 5.92 Å². The van der Waals surface area contributed by atoms with Gasteiger partial charge in [0.2, 0.25) is 5.91 Å². The number of likely N-dealkylation sites (tertiary alicyclic amines) is 1. The van der Waals surface area contributed by atoms with Gasteiger partial charge in [0.25, 0.3) is 0 Å². The van der Waals surface area contributed by atoms with Crippen molar-refractivity contribution in [3.8, 4) is 0 Å². The van der Waals surface area contributed by atoms with E-state index >= 15 is 0 Å². The predicted octanol–water partition coefficient (Wildman–Crippen LogP) is 0.593. The molecule has 0 radical (unpaired) electrons. The van der Waals surface area contributed by atoms with E-state index in [0.29, 0.717) is 32.6 Å². The fourth-order valence-corrected chi connectivity index (χ4v) is 2.06. The van der Waals surface area contributed by atoms with Gasteiger partial charge >= 0.3 is 5.97 Å². The molecular weight excluding hydrogens is 232 g/mol. The summed E-state index contributed by atoms with van der Waals surface area (Å²) < 4.78 is 0. The van der Waals surface area contributed by atoms with Crippen molar-refractivity contribution in [1.82, 2.24) is 9.80 Å². The monoisotopic (exact) mass is 252 g/mol. The van der Waals surface area contributed by atoms with E-state index in [1.165, 1.54) is 0 Å². The van der Waals surface area contributed by atoms with E-state index in [2.05, 4.69) is 13.2 Å². The number of hydrogen-bond acceptors (Lipinski definition) is 3. The molecule has 1 rings (SSSR count). The molecule has 0 saturated carbocycles. The van der Waals surface area contributed by atoms with Crippen LogP contribution < -0.4 is 0 Å². The molecule has 1 unspecified atom stereocenters. The minimum atomic E-state index is -0.779. The molecule has 1 N–H and O–H groups in total. The lowest BCUT2D eigenvalue weighted by atomic mass is 10.1. The topological polar surface area (TPSA) is 60.9 Å². The van der Waals surface area contributed by atoms with E-state index < -0.39 is 5.97 Å². The van der Waals surface area contributed by atoms with Gasteiger partial charge in [-0.05, 0) is 13.0 Å². The first-order chi connectivity index (χ1) is 8.58. The predicted molar refractivity (Wildman–Crippen MR) is 69.2 cm³/mol. The summed E-state index contributed by atoms with van der Waals surface area (Å²) in [7, 11) is 0. The van der Waals surface area contributed by atoms with Crippen LogP contribution in [0, 0.1) is 5.92 Å². The zero-order valence-corrected chi connectivity index (χ0v) is 10.5. The van der Waals surface area contributed by atoms with Crippen LogP contribution >= 0.6 is 0 Å². The van der Waals surface area contributed by atoms with Crippen molar-refractivity contribution in [3.05, 3.63) is 25.3 Å². The molecule has 1 heterocycles. The Morgan fingerprint density at radius 3 is 2.39 bits per heavy atom. The first-order valence-electron chi connectivity index (χ1n) is 6.03. The van der Waals surface area contributed by atoms with Crippen LogP contribution in [0.3, 0.4) is 0 Å². The number of hydrogen-bond donors (Lipinski definition) is 1. The lowest BCUT2D eigenvalue weighted by molar-refractivity contribution is -0.141. The van der Waals surface area contributed by atoms with Gasteiger partial charge in [-0.2, -0.15) is 0 Å². The minimum Gasteiger partial charge on any atom is -0.481 e. The van der Waals surface area contributed by atoms with Crippen molar-refractivity contribution in [2.45, 2.75) is 6.42 Å². The Hall–Kier alpha value is -1.62. The molecule has 5 heteroatoms. The average molecular weight is 252 g/mol. The van der Waals surface area contributed by atoms with Crippen molar-refractivity contribution >= 4 is 11.9 Å². The van der Waals surface area contributed by atoms with Crippen LogP contribution in [0.2, 0.25) is 0 Å². The molecule has 1 aliphatic rings. The van der Waals surface area contributed by atoms with Crippen LogP contribution in [-0.4, -0.2) is 59.5 Å². The summed E-state index contributed by atoms with van der Waals surface area (Å²) in [6, 6.07) is 0. The van der Waals surface area contributed by atoms with E-state index in [-0.39, 0.29) is 18.4 Å². The summed E-state index contributed by atoms with van der Waals surface area (Å²) in [5.74, 6) is -1.13. The number of nitrogens with zero attached hydrogens (tertiary/aromatic N) is 2. The molecular formula is C13H20N2O3. The fraction of sp³-hybridized carbons (Fsp3) is 0.538. The van der Waals surface area contributed by atoms with Gasteiger partial charge in [0.15, 0.2) is 0 Å². The molecule has 18 heavy (non-hydrogen) atoms. The fourth-order valence-electron chi connectivity index (χ4n) is 2.06. The Kier molecular flexibility index (Phi) is 5.58. The van der Waals surface area contributed by atoms with Crippen LogP contribution in [0.25, 0.3) is 0 Å². The molecule has 1 aliphatic heterocycles. The molecule has 1 fully saturated rings. The third kappa shape index (κ3) is 4.00. The van der Waals surface area contributed by atoms with Crippen LogP contribution in [0.4, 0.5) is 0 Å². The zero-order valence-electron chi connectivity index (χ0n) is 10.5. The number of aliphatic carboxylic acids is 1. The second-order valence-corrected chi connectivity index (χ2v) is 4.44. The highest BCUT2D eigenvalue weighted by Crippen LogP contribution is 2.16. The summed E-state index contributed by atoms with van der Waals surface area (Å²) in [6.45, 7) is 9.59. The molecule has 0 spiro atoms. The average Bonchev–Trinajstić information content (AvgIpc) is 2.77. The maximum Gasteiger partial charge on any atom is 0.307 e. The number of carboxylic acid groups (broad SMARTS) is 1. The van der Waals surface area contributed by atoms with E-state index in [0.717, 1.165) is 0 Å². The first kappa shape index (κ1) is 14.4. The number of rotatable bonds is 7. The number of amides is 1. The zero-order chi connectivity index (χ0) is 13.5. The van der Waals surface area contributed by atoms with Gasteiger partial charge in [-0.1, -0.05) is 12.2 Å². The lowest BCUT2D eigenvalue weighted by Gasteiger charge is -2.23. The van der Waals surface area contributed by atoms with Crippen molar-refractivity contribution < 1.29 is 14.7 Å². The smallest absolute Gasteiger partial charge is 0.307 e. The molecule has 1 atom stereocenters. The van der Waals surface area contributed by atoms with Gasteiger partial charge in [-0.15, -0.1) is 13.2 Å². The van der Waals surface area contributed by atoms with E-state index in [9.17, 15) is 9.59 Å². The van der Waals surface area contributed by atoms with Crippen molar-refractivity contribution in [3.63, 3.8) is 0 Å². The molecule has 0 aromatic rings. The Morgan fingerprint density at radius 1 is 1.33 bits per heavy atom. The molecule has 1 saturated heterocycles. The second-order valence-electron chi connectivity index (χ2n) is 4.44. The van der Waals surface area contributed by atoms with Crippen molar-refractivity contribution in [1.29, 1.82) is 0 Å². The molecule has 100 valence electrons. The van der Waals surface area contributed by atoms with Crippen LogP contribution in [-0.2, 0) is 9.59 Å². The second kappa shape index (κ2) is 6.96. The normalized spacial score (nSPS) is 19.4. The van der Waals surface area contributed by atoms with Crippen LogP contribution in [0.5, 0.6) is 0 Å². The Balaban J connectivity index is 2.46. The van der Waals surface area contributed by atoms with Gasteiger partial charge in [0, 0.05) is 19.6 Å².